The fourth-order valence-electron chi connectivity index (χ4n) is 1.26. The topological polar surface area (TPSA) is 73.1 Å². The third-order valence-corrected chi connectivity index (χ3v) is 2.92. The molecule has 0 aromatic heterocycles. The van der Waals surface area contributed by atoms with Crippen LogP contribution in [0.1, 0.15) is 5.56 Å². The van der Waals surface area contributed by atoms with Crippen LogP contribution < -0.4 is 5.32 Å². The Bertz CT molecular complexity index is 549. The van der Waals surface area contributed by atoms with E-state index in [-0.39, 0.29) is 5.03 Å². The van der Waals surface area contributed by atoms with E-state index >= 15 is 0 Å². The minimum atomic E-state index is -1.32. The van der Waals surface area contributed by atoms with Gasteiger partial charge in [0.2, 0.25) is 0 Å². The zero-order valence-electron chi connectivity index (χ0n) is 9.82. The van der Waals surface area contributed by atoms with Gasteiger partial charge in [0.25, 0.3) is 0 Å². The molecule has 0 amide bonds. The van der Waals surface area contributed by atoms with Crippen molar-refractivity contribution in [2.45, 2.75) is 6.92 Å². The lowest BCUT2D eigenvalue weighted by molar-refractivity contribution is -0.132. The molecule has 6 heteroatoms. The van der Waals surface area contributed by atoms with E-state index in [1.807, 2.05) is 0 Å². The first-order chi connectivity index (χ1) is 8.49. The molecule has 0 saturated carbocycles. The Hall–Kier alpha value is -2.00. The molecule has 1 aromatic rings. The second kappa shape index (κ2) is 6.07. The number of carboxylic acids is 1. The number of aryl methyl sites for hydroxylation is 1. The van der Waals surface area contributed by atoms with E-state index in [1.54, 1.807) is 25.3 Å². The van der Waals surface area contributed by atoms with Gasteiger partial charge in [-0.15, -0.1) is 11.8 Å². The van der Waals surface area contributed by atoms with Crippen molar-refractivity contribution in [2.75, 3.05) is 11.6 Å². The third kappa shape index (κ3) is 3.25. The summed E-state index contributed by atoms with van der Waals surface area (Å²) in [7, 11) is 0. The summed E-state index contributed by atoms with van der Waals surface area (Å²) < 4.78 is 13.1. The van der Waals surface area contributed by atoms with Crippen molar-refractivity contribution < 1.29 is 14.3 Å². The van der Waals surface area contributed by atoms with Crippen LogP contribution in [0.4, 0.5) is 10.1 Å². The standard InChI is InChI=1S/C12H11FN2O2S/c1-7-3-4-8(13)5-10(7)15-11(18-2)9(6-14)12(16)17/h3-5,15H,1-2H3,(H,16,17). The normalized spacial score (nSPS) is 11.4. The molecule has 0 fully saturated rings. The highest BCUT2D eigenvalue weighted by Gasteiger charge is 2.14. The summed E-state index contributed by atoms with van der Waals surface area (Å²) in [5.41, 5.74) is 0.796. The zero-order chi connectivity index (χ0) is 13.7. The number of hydrogen-bond acceptors (Lipinski definition) is 4. The van der Waals surface area contributed by atoms with E-state index in [0.29, 0.717) is 5.69 Å². The Balaban J connectivity index is 3.18. The van der Waals surface area contributed by atoms with Crippen molar-refractivity contribution in [3.8, 4) is 6.07 Å². The van der Waals surface area contributed by atoms with E-state index in [9.17, 15) is 9.18 Å². The monoisotopic (exact) mass is 266 g/mol. The van der Waals surface area contributed by atoms with Crippen molar-refractivity contribution in [2.24, 2.45) is 0 Å². The molecule has 0 aliphatic carbocycles. The fraction of sp³-hybridized carbons (Fsp3) is 0.167. The second-order valence-electron chi connectivity index (χ2n) is 3.41. The molecule has 4 nitrogen and oxygen atoms in total. The van der Waals surface area contributed by atoms with Crippen LogP contribution >= 0.6 is 11.8 Å². The van der Waals surface area contributed by atoms with Crippen LogP contribution in [-0.4, -0.2) is 17.3 Å². The number of rotatable bonds is 4. The molecule has 1 aromatic carbocycles. The minimum absolute atomic E-state index is 0.179. The van der Waals surface area contributed by atoms with Gasteiger partial charge in [-0.3, -0.25) is 0 Å². The van der Waals surface area contributed by atoms with E-state index in [2.05, 4.69) is 5.32 Å². The average Bonchev–Trinajstić information content (AvgIpc) is 2.32. The molecule has 0 unspecified atom stereocenters. The van der Waals surface area contributed by atoms with Crippen LogP contribution in [0.5, 0.6) is 0 Å². The SMILES string of the molecule is CSC(Nc1cc(F)ccc1C)=C(C#N)C(=O)O. The number of thioether (sulfide) groups is 1. The van der Waals surface area contributed by atoms with Gasteiger partial charge >= 0.3 is 5.97 Å². The van der Waals surface area contributed by atoms with E-state index in [4.69, 9.17) is 10.4 Å². The van der Waals surface area contributed by atoms with Gasteiger partial charge in [-0.25, -0.2) is 9.18 Å². The minimum Gasteiger partial charge on any atom is -0.477 e. The molecule has 1 rings (SSSR count). The molecule has 0 atom stereocenters. The number of nitrogens with zero attached hydrogens (tertiary/aromatic N) is 1. The Morgan fingerprint density at radius 1 is 1.56 bits per heavy atom. The Morgan fingerprint density at radius 2 is 2.22 bits per heavy atom. The highest BCUT2D eigenvalue weighted by molar-refractivity contribution is 8.02. The van der Waals surface area contributed by atoms with Crippen LogP contribution in [0.15, 0.2) is 28.8 Å². The fourth-order valence-corrected chi connectivity index (χ4v) is 1.81. The molecule has 0 spiro atoms. The molecule has 0 aliphatic rings. The summed E-state index contributed by atoms with van der Waals surface area (Å²) in [6.45, 7) is 1.76. The largest absolute Gasteiger partial charge is 0.477 e. The number of carbonyl (C=O) groups is 1. The number of aliphatic carboxylic acids is 1. The molecule has 0 saturated heterocycles. The Morgan fingerprint density at radius 3 is 2.72 bits per heavy atom. The number of hydrogen-bond donors (Lipinski definition) is 2. The molecule has 0 aliphatic heterocycles. The van der Waals surface area contributed by atoms with Gasteiger partial charge in [-0.05, 0) is 30.9 Å². The maximum absolute atomic E-state index is 13.1. The van der Waals surface area contributed by atoms with Crippen LogP contribution in [0, 0.1) is 24.1 Å². The second-order valence-corrected chi connectivity index (χ2v) is 4.23. The molecule has 0 radical (unpaired) electrons. The number of anilines is 1. The number of benzene rings is 1. The molecule has 0 bridgehead atoms. The maximum Gasteiger partial charge on any atom is 0.349 e. The number of halogens is 1. The highest BCUT2D eigenvalue weighted by Crippen LogP contribution is 2.24. The highest BCUT2D eigenvalue weighted by atomic mass is 32.2. The Labute approximate surface area is 108 Å². The number of nitriles is 1. The first-order valence-corrected chi connectivity index (χ1v) is 6.17. The first-order valence-electron chi connectivity index (χ1n) is 4.94. The lowest BCUT2D eigenvalue weighted by Crippen LogP contribution is -2.08. The van der Waals surface area contributed by atoms with Gasteiger partial charge in [-0.2, -0.15) is 5.26 Å². The van der Waals surface area contributed by atoms with E-state index < -0.39 is 17.4 Å². The van der Waals surface area contributed by atoms with Gasteiger partial charge in [0.15, 0.2) is 5.57 Å². The summed E-state index contributed by atoms with van der Waals surface area (Å²) in [5.74, 6) is -1.75. The molecular formula is C12H11FN2O2S. The van der Waals surface area contributed by atoms with Crippen molar-refractivity contribution in [1.82, 2.24) is 0 Å². The molecule has 18 heavy (non-hydrogen) atoms. The summed E-state index contributed by atoms with van der Waals surface area (Å²) in [6.07, 6.45) is 1.64. The Kier molecular flexibility index (Phi) is 4.75. The summed E-state index contributed by atoms with van der Waals surface area (Å²) in [5, 5.41) is 20.6. The zero-order valence-corrected chi connectivity index (χ0v) is 10.6. The van der Waals surface area contributed by atoms with Gasteiger partial charge in [0, 0.05) is 5.69 Å². The van der Waals surface area contributed by atoms with Gasteiger partial charge < -0.3 is 10.4 Å². The molecule has 94 valence electrons. The predicted octanol–water partition coefficient (Wildman–Crippen LogP) is 2.73. The van der Waals surface area contributed by atoms with Crippen LogP contribution in [0.25, 0.3) is 0 Å². The quantitative estimate of drug-likeness (QED) is 0.647. The van der Waals surface area contributed by atoms with Crippen molar-refractivity contribution in [3.63, 3.8) is 0 Å². The summed E-state index contributed by atoms with van der Waals surface area (Å²) in [4.78, 5) is 10.9. The number of carboxylic acid groups (broad SMARTS) is 1. The van der Waals surface area contributed by atoms with Gasteiger partial charge in [-0.1, -0.05) is 6.07 Å². The van der Waals surface area contributed by atoms with Crippen LogP contribution in [0.3, 0.4) is 0 Å². The van der Waals surface area contributed by atoms with Gasteiger partial charge in [0.05, 0.1) is 5.03 Å². The van der Waals surface area contributed by atoms with E-state index in [1.165, 1.54) is 12.1 Å². The lowest BCUT2D eigenvalue weighted by atomic mass is 10.2. The van der Waals surface area contributed by atoms with Crippen molar-refractivity contribution >= 4 is 23.4 Å². The molecular weight excluding hydrogens is 255 g/mol. The van der Waals surface area contributed by atoms with Crippen molar-refractivity contribution in [3.05, 3.63) is 40.2 Å². The maximum atomic E-state index is 13.1. The smallest absolute Gasteiger partial charge is 0.349 e. The molecule has 0 heterocycles. The molecule has 2 N–H and O–H groups in total. The third-order valence-electron chi connectivity index (χ3n) is 2.20. The predicted molar refractivity (Wildman–Crippen MR) is 68.5 cm³/mol. The van der Waals surface area contributed by atoms with Crippen molar-refractivity contribution in [1.29, 1.82) is 5.26 Å². The van der Waals surface area contributed by atoms with Crippen LogP contribution in [0.2, 0.25) is 0 Å². The average molecular weight is 266 g/mol. The van der Waals surface area contributed by atoms with Gasteiger partial charge in [0.1, 0.15) is 11.9 Å². The number of nitrogens with one attached hydrogen (secondary N) is 1. The summed E-state index contributed by atoms with van der Waals surface area (Å²) >= 11 is 1.08. The summed E-state index contributed by atoms with van der Waals surface area (Å²) in [6, 6.07) is 5.74. The lowest BCUT2D eigenvalue weighted by Gasteiger charge is -2.12. The first kappa shape index (κ1) is 14.1. The van der Waals surface area contributed by atoms with Crippen LogP contribution in [-0.2, 0) is 4.79 Å². The van der Waals surface area contributed by atoms with E-state index in [0.717, 1.165) is 17.3 Å².